The van der Waals surface area contributed by atoms with Crippen LogP contribution in [-0.4, -0.2) is 64.2 Å². The van der Waals surface area contributed by atoms with Crippen LogP contribution in [0.1, 0.15) is 44.3 Å². The molecule has 1 atom stereocenters. The van der Waals surface area contributed by atoms with Crippen LogP contribution in [0.4, 0.5) is 0 Å². The Kier molecular flexibility index (Phi) is 8.11. The summed E-state index contributed by atoms with van der Waals surface area (Å²) in [5, 5.41) is 25.8. The number of ketones is 1. The highest BCUT2D eigenvalue weighted by atomic mass is 35.5. The Labute approximate surface area is 257 Å². The maximum Gasteiger partial charge on any atom is 0.335 e. The Hall–Kier alpha value is -5.42. The maximum absolute atomic E-state index is 13.9. The third kappa shape index (κ3) is 6.18. The molecule has 0 saturated carbocycles. The number of aromatic carboxylic acids is 1. The SMILES string of the molecule is O=C(O)c1ccc(CC(=O)C2c3cn(Cc4ccccc4)nc3CCN2C(=O)/C=C/c2cc(Cl)ccc2-n2cnnn2)cc1. The number of carbonyl (C=O) groups is 3. The van der Waals surface area contributed by atoms with E-state index in [0.29, 0.717) is 46.9 Å². The van der Waals surface area contributed by atoms with Gasteiger partial charge < -0.3 is 10.0 Å². The van der Waals surface area contributed by atoms with E-state index in [4.69, 9.17) is 16.7 Å². The second-order valence-corrected chi connectivity index (χ2v) is 10.8. The van der Waals surface area contributed by atoms with E-state index >= 15 is 0 Å². The second kappa shape index (κ2) is 12.4. The minimum absolute atomic E-state index is 0.0130. The van der Waals surface area contributed by atoms with Gasteiger partial charge in [-0.3, -0.25) is 14.3 Å². The van der Waals surface area contributed by atoms with E-state index in [-0.39, 0.29) is 23.7 Å². The molecule has 1 aliphatic rings. The summed E-state index contributed by atoms with van der Waals surface area (Å²) in [5.41, 5.74) is 4.54. The molecule has 3 heterocycles. The van der Waals surface area contributed by atoms with Crippen molar-refractivity contribution in [1.29, 1.82) is 0 Å². The first-order valence-corrected chi connectivity index (χ1v) is 14.2. The summed E-state index contributed by atoms with van der Waals surface area (Å²) in [6.07, 6.45) is 6.83. The number of nitrogens with zero attached hydrogens (tertiary/aromatic N) is 7. The fraction of sp³-hybridized carbons (Fsp3) is 0.156. The zero-order valence-electron chi connectivity index (χ0n) is 23.3. The molecule has 44 heavy (non-hydrogen) atoms. The number of hydrogen-bond donors (Lipinski definition) is 1. The highest BCUT2D eigenvalue weighted by Crippen LogP contribution is 2.32. The average Bonchev–Trinajstić information content (AvgIpc) is 3.70. The number of hydrogen-bond acceptors (Lipinski definition) is 7. The van der Waals surface area contributed by atoms with Crippen molar-refractivity contribution >= 4 is 35.3 Å². The van der Waals surface area contributed by atoms with Crippen LogP contribution in [0.2, 0.25) is 5.02 Å². The molecule has 1 aliphatic heterocycles. The maximum atomic E-state index is 13.9. The first kappa shape index (κ1) is 28.7. The number of carboxylic acids is 1. The lowest BCUT2D eigenvalue weighted by atomic mass is 9.92. The number of fused-ring (bicyclic) bond motifs is 1. The Morgan fingerprint density at radius 2 is 1.80 bits per heavy atom. The van der Waals surface area contributed by atoms with Crippen LogP contribution in [0.25, 0.3) is 11.8 Å². The van der Waals surface area contributed by atoms with Gasteiger partial charge in [-0.15, -0.1) is 5.10 Å². The highest BCUT2D eigenvalue weighted by molar-refractivity contribution is 6.30. The third-order valence-corrected chi connectivity index (χ3v) is 7.65. The van der Waals surface area contributed by atoms with E-state index in [1.165, 1.54) is 29.2 Å². The van der Waals surface area contributed by atoms with E-state index in [9.17, 15) is 19.5 Å². The lowest BCUT2D eigenvalue weighted by Gasteiger charge is -2.33. The van der Waals surface area contributed by atoms with Gasteiger partial charge in [0.25, 0.3) is 0 Å². The van der Waals surface area contributed by atoms with E-state index in [2.05, 4.69) is 15.5 Å². The van der Waals surface area contributed by atoms with E-state index in [0.717, 1.165) is 11.3 Å². The Morgan fingerprint density at radius 3 is 2.52 bits per heavy atom. The van der Waals surface area contributed by atoms with Crippen molar-refractivity contribution in [2.24, 2.45) is 0 Å². The predicted octanol–water partition coefficient (Wildman–Crippen LogP) is 4.21. The molecule has 0 saturated heterocycles. The molecular formula is C32H26ClN7O4. The molecule has 11 nitrogen and oxygen atoms in total. The zero-order valence-corrected chi connectivity index (χ0v) is 24.1. The number of carbonyl (C=O) groups excluding carboxylic acids is 2. The molecule has 220 valence electrons. The third-order valence-electron chi connectivity index (χ3n) is 7.41. The molecule has 0 aliphatic carbocycles. The molecule has 12 heteroatoms. The first-order valence-electron chi connectivity index (χ1n) is 13.8. The molecule has 1 amide bonds. The molecule has 6 rings (SSSR count). The number of Topliss-reactive ketones (excluding diaryl/α,β-unsaturated/α-hetero) is 1. The van der Waals surface area contributed by atoms with Gasteiger partial charge >= 0.3 is 5.97 Å². The Morgan fingerprint density at radius 1 is 1.00 bits per heavy atom. The molecule has 1 unspecified atom stereocenters. The minimum atomic E-state index is -1.04. The smallest absolute Gasteiger partial charge is 0.335 e. The predicted molar refractivity (Wildman–Crippen MR) is 161 cm³/mol. The lowest BCUT2D eigenvalue weighted by molar-refractivity contribution is -0.136. The van der Waals surface area contributed by atoms with Crippen molar-refractivity contribution in [3.8, 4) is 5.69 Å². The number of tetrazole rings is 1. The van der Waals surface area contributed by atoms with E-state index in [1.807, 2.05) is 36.5 Å². The molecule has 0 radical (unpaired) electrons. The summed E-state index contributed by atoms with van der Waals surface area (Å²) in [6, 6.07) is 20.3. The van der Waals surface area contributed by atoms with Gasteiger partial charge in [-0.25, -0.2) is 4.79 Å². The van der Waals surface area contributed by atoms with Crippen molar-refractivity contribution in [2.75, 3.05) is 6.54 Å². The average molecular weight is 608 g/mol. The largest absolute Gasteiger partial charge is 0.478 e. The van der Waals surface area contributed by atoms with Crippen LogP contribution >= 0.6 is 11.6 Å². The molecule has 3 aromatic carbocycles. The number of aromatic nitrogens is 6. The van der Waals surface area contributed by atoms with Crippen LogP contribution in [-0.2, 0) is 29.0 Å². The summed E-state index contributed by atoms with van der Waals surface area (Å²) >= 11 is 6.25. The highest BCUT2D eigenvalue weighted by Gasteiger charge is 2.37. The van der Waals surface area contributed by atoms with Crippen molar-refractivity contribution in [1.82, 2.24) is 34.9 Å². The zero-order chi connectivity index (χ0) is 30.6. The summed E-state index contributed by atoms with van der Waals surface area (Å²) in [7, 11) is 0. The molecule has 5 aromatic rings. The molecular weight excluding hydrogens is 582 g/mol. The fourth-order valence-corrected chi connectivity index (χ4v) is 5.50. The molecule has 0 fully saturated rings. The fourth-order valence-electron chi connectivity index (χ4n) is 5.32. The quantitative estimate of drug-likeness (QED) is 0.246. The number of amides is 1. The Balaban J connectivity index is 1.31. The second-order valence-electron chi connectivity index (χ2n) is 10.3. The summed E-state index contributed by atoms with van der Waals surface area (Å²) in [5.74, 6) is -1.60. The summed E-state index contributed by atoms with van der Waals surface area (Å²) < 4.78 is 3.27. The van der Waals surface area contributed by atoms with Crippen LogP contribution in [0, 0.1) is 0 Å². The topological polar surface area (TPSA) is 136 Å². The van der Waals surface area contributed by atoms with Gasteiger partial charge in [-0.05, 0) is 58.0 Å². The molecule has 1 N–H and O–H groups in total. The minimum Gasteiger partial charge on any atom is -0.478 e. The monoisotopic (exact) mass is 607 g/mol. The van der Waals surface area contributed by atoms with Gasteiger partial charge in [0.2, 0.25) is 5.91 Å². The van der Waals surface area contributed by atoms with Crippen molar-refractivity contribution < 1.29 is 19.5 Å². The van der Waals surface area contributed by atoms with Gasteiger partial charge in [0.1, 0.15) is 12.4 Å². The summed E-state index contributed by atoms with van der Waals surface area (Å²) in [4.78, 5) is 40.6. The van der Waals surface area contributed by atoms with Gasteiger partial charge in [-0.1, -0.05) is 54.1 Å². The van der Waals surface area contributed by atoms with E-state index in [1.54, 1.807) is 46.0 Å². The number of rotatable bonds is 9. The lowest BCUT2D eigenvalue weighted by Crippen LogP contribution is -2.43. The molecule has 2 aromatic heterocycles. The van der Waals surface area contributed by atoms with Gasteiger partial charge in [-0.2, -0.15) is 9.78 Å². The van der Waals surface area contributed by atoms with Crippen molar-refractivity contribution in [3.63, 3.8) is 0 Å². The van der Waals surface area contributed by atoms with Crippen LogP contribution in [0.3, 0.4) is 0 Å². The van der Waals surface area contributed by atoms with Crippen LogP contribution in [0.5, 0.6) is 0 Å². The van der Waals surface area contributed by atoms with Gasteiger partial charge in [0.15, 0.2) is 5.78 Å². The Bertz CT molecular complexity index is 1850. The number of benzene rings is 3. The van der Waals surface area contributed by atoms with Crippen LogP contribution < -0.4 is 0 Å². The standard InChI is InChI=1S/C32H26ClN7O4/c33-25-11-12-28(40-20-34-36-37-40)24(17-25)10-13-30(42)39-15-14-27-26(19-38(35-27)18-22-4-2-1-3-5-22)31(39)29(41)16-21-6-8-23(9-7-21)32(43)44/h1-13,17,19-20,31H,14-16,18H2,(H,43,44)/b13-10+. The van der Waals surface area contributed by atoms with Gasteiger partial charge in [0.05, 0.1) is 23.5 Å². The number of halogens is 1. The molecule has 0 spiro atoms. The summed E-state index contributed by atoms with van der Waals surface area (Å²) in [6.45, 7) is 0.816. The number of carboxylic acid groups (broad SMARTS) is 1. The van der Waals surface area contributed by atoms with Crippen LogP contribution in [0.15, 0.2) is 91.4 Å². The van der Waals surface area contributed by atoms with Crippen molar-refractivity contribution in [3.05, 3.63) is 130 Å². The molecule has 0 bridgehead atoms. The van der Waals surface area contributed by atoms with E-state index < -0.39 is 12.0 Å². The van der Waals surface area contributed by atoms with Gasteiger partial charge in [0, 0.05) is 47.8 Å². The normalized spacial score (nSPS) is 14.5. The van der Waals surface area contributed by atoms with Crippen molar-refractivity contribution in [2.45, 2.75) is 25.4 Å². The first-order chi connectivity index (χ1) is 21.4.